The molecule has 0 saturated carbocycles. The van der Waals surface area contributed by atoms with Gasteiger partial charge in [-0.2, -0.15) is 0 Å². The summed E-state index contributed by atoms with van der Waals surface area (Å²) in [5.41, 5.74) is 35.1. The molecule has 0 spiro atoms. The van der Waals surface area contributed by atoms with Gasteiger partial charge in [-0.25, -0.2) is 4.57 Å². The highest BCUT2D eigenvalue weighted by Gasteiger charge is 2.40. The largest absolute Gasteiger partial charge is 0.584 e. The fourth-order valence-electron chi connectivity index (χ4n) is 14.1. The molecule has 1 heterocycles. The van der Waals surface area contributed by atoms with Gasteiger partial charge in [0.05, 0.1) is 0 Å². The average molecular weight is 995 g/mol. The van der Waals surface area contributed by atoms with Crippen LogP contribution in [-0.2, 0) is 36.7 Å². The van der Waals surface area contributed by atoms with Crippen LogP contribution in [-0.4, -0.2) is 4.89 Å². The topological polar surface area (TPSA) is 55.8 Å². The number of benzene rings is 8. The maximum Gasteiger partial charge on any atom is 0.584 e. The molecule has 8 aromatic rings. The number of hydrogen-bond donors (Lipinski definition) is 1. The second-order valence-corrected chi connectivity index (χ2v) is 24.0. The van der Waals surface area contributed by atoms with Gasteiger partial charge in [0.25, 0.3) is 0 Å². The van der Waals surface area contributed by atoms with Crippen LogP contribution in [0.3, 0.4) is 0 Å². The van der Waals surface area contributed by atoms with E-state index in [2.05, 4.69) is 180 Å². The van der Waals surface area contributed by atoms with Crippen molar-refractivity contribution in [1.82, 2.24) is 0 Å². The van der Waals surface area contributed by atoms with Gasteiger partial charge in [-0.05, 0) is 287 Å². The molecule has 0 bridgehead atoms. The summed E-state index contributed by atoms with van der Waals surface area (Å²) in [5.74, 6) is 0.946. The normalized spacial score (nSPS) is 15.9. The molecule has 0 radical (unpaired) electrons. The van der Waals surface area contributed by atoms with E-state index in [-0.39, 0.29) is 0 Å². The Bertz CT molecular complexity index is 3550. The highest BCUT2D eigenvalue weighted by atomic mass is 31.2. The van der Waals surface area contributed by atoms with E-state index in [0.29, 0.717) is 17.9 Å². The molecular formula is C69H71O4P. The Balaban J connectivity index is 1.18. The Kier molecular flexibility index (Phi) is 12.8. The standard InChI is InChI=1S/C69H71O4P/c1-38-23-42(5)62(43(6)24-38)53-22-21-52(60(37-53)65-48(11)29-41(4)30-49(65)12)32-57-31-50-17-13-15-19-58(50)66-67-59-20-16-14-18-51(59)36-61(69(67)73-74(70,71)72-68(57)66)54-33-55(63-44(7)25-39(2)26-45(63)8)35-56(34-54)64-46(9)27-40(3)28-47(64)10/h21-31,33-37H,13-20,32H2,1-12H3,(H,70,71). The van der Waals surface area contributed by atoms with E-state index < -0.39 is 7.82 Å². The Morgan fingerprint density at radius 3 is 1.26 bits per heavy atom. The lowest BCUT2D eigenvalue weighted by Gasteiger charge is -2.28. The first-order valence-corrected chi connectivity index (χ1v) is 28.5. The minimum Gasteiger partial charge on any atom is -0.394 e. The van der Waals surface area contributed by atoms with Crippen molar-refractivity contribution in [1.29, 1.82) is 0 Å². The Labute approximate surface area is 440 Å². The van der Waals surface area contributed by atoms with Gasteiger partial charge in [0.15, 0.2) is 0 Å². The number of hydrogen-bond acceptors (Lipinski definition) is 3. The molecule has 5 heteroatoms. The molecule has 0 aromatic heterocycles. The monoisotopic (exact) mass is 995 g/mol. The zero-order chi connectivity index (χ0) is 52.1. The van der Waals surface area contributed by atoms with E-state index in [0.717, 1.165) is 95.9 Å². The van der Waals surface area contributed by atoms with Crippen LogP contribution in [0.15, 0.2) is 97.1 Å². The second kappa shape index (κ2) is 19.0. The third kappa shape index (κ3) is 8.96. The summed E-state index contributed by atoms with van der Waals surface area (Å²) >= 11 is 0. The molecule has 3 aliphatic rings. The summed E-state index contributed by atoms with van der Waals surface area (Å²) in [6.45, 7) is 26.4. The quantitative estimate of drug-likeness (QED) is 0.162. The first-order chi connectivity index (χ1) is 35.3. The van der Waals surface area contributed by atoms with Crippen LogP contribution in [0.25, 0.3) is 66.8 Å². The van der Waals surface area contributed by atoms with Crippen molar-refractivity contribution in [2.45, 2.75) is 141 Å². The Hall–Kier alpha value is -6.45. The number of rotatable bonds is 7. The van der Waals surface area contributed by atoms with Crippen LogP contribution in [0.4, 0.5) is 0 Å². The van der Waals surface area contributed by atoms with Crippen molar-refractivity contribution in [2.75, 3.05) is 0 Å². The molecule has 0 amide bonds. The molecule has 1 N–H and O–H groups in total. The van der Waals surface area contributed by atoms with E-state index >= 15 is 4.57 Å². The van der Waals surface area contributed by atoms with Crippen LogP contribution in [0.1, 0.15) is 126 Å². The van der Waals surface area contributed by atoms with E-state index in [1.54, 1.807) is 0 Å². The molecule has 376 valence electrons. The summed E-state index contributed by atoms with van der Waals surface area (Å²) in [7, 11) is -4.78. The van der Waals surface area contributed by atoms with E-state index in [1.807, 2.05) is 0 Å². The van der Waals surface area contributed by atoms with Gasteiger partial charge in [0.2, 0.25) is 0 Å². The predicted octanol–water partition coefficient (Wildman–Crippen LogP) is 18.6. The third-order valence-corrected chi connectivity index (χ3v) is 17.4. The molecule has 74 heavy (non-hydrogen) atoms. The van der Waals surface area contributed by atoms with Crippen LogP contribution in [0, 0.1) is 83.1 Å². The highest BCUT2D eigenvalue weighted by Crippen LogP contribution is 2.61. The fourth-order valence-corrected chi connectivity index (χ4v) is 15.0. The lowest BCUT2D eigenvalue weighted by molar-refractivity contribution is 0.294. The summed E-state index contributed by atoms with van der Waals surface area (Å²) in [6, 6.07) is 36.7. The van der Waals surface area contributed by atoms with Crippen molar-refractivity contribution in [2.24, 2.45) is 0 Å². The summed E-state index contributed by atoms with van der Waals surface area (Å²) < 4.78 is 28.5. The van der Waals surface area contributed by atoms with Gasteiger partial charge in [-0.3, -0.25) is 4.89 Å². The van der Waals surface area contributed by atoms with Crippen LogP contribution >= 0.6 is 7.82 Å². The molecular weight excluding hydrogens is 924 g/mol. The van der Waals surface area contributed by atoms with Gasteiger partial charge in [0, 0.05) is 28.7 Å². The molecule has 1 atom stereocenters. The fraction of sp³-hybridized carbons (Fsp3) is 0.304. The van der Waals surface area contributed by atoms with Gasteiger partial charge in [-0.1, -0.05) is 89.0 Å². The van der Waals surface area contributed by atoms with Gasteiger partial charge >= 0.3 is 7.82 Å². The molecule has 0 saturated heterocycles. The van der Waals surface area contributed by atoms with Gasteiger partial charge < -0.3 is 9.05 Å². The van der Waals surface area contributed by atoms with Crippen LogP contribution in [0.5, 0.6) is 11.5 Å². The van der Waals surface area contributed by atoms with Crippen molar-refractivity contribution in [3.63, 3.8) is 0 Å². The molecule has 2 aliphatic carbocycles. The Morgan fingerprint density at radius 1 is 0.378 bits per heavy atom. The van der Waals surface area contributed by atoms with Gasteiger partial charge in [0.1, 0.15) is 11.5 Å². The van der Waals surface area contributed by atoms with Crippen LogP contribution < -0.4 is 9.05 Å². The average Bonchev–Trinajstić information content (AvgIpc) is 3.44. The van der Waals surface area contributed by atoms with E-state index in [1.165, 1.54) is 122 Å². The zero-order valence-electron chi connectivity index (χ0n) is 45.7. The first-order valence-electron chi connectivity index (χ1n) is 27.0. The van der Waals surface area contributed by atoms with Crippen molar-refractivity contribution < 1.29 is 18.5 Å². The summed E-state index contributed by atoms with van der Waals surface area (Å²) in [6.07, 6.45) is 8.35. The highest BCUT2D eigenvalue weighted by molar-refractivity contribution is 7.48. The number of phosphoric ester groups is 1. The molecule has 4 nitrogen and oxygen atoms in total. The smallest absolute Gasteiger partial charge is 0.394 e. The number of aryl methyl sites for hydroxylation is 14. The lowest BCUT2D eigenvalue weighted by Crippen LogP contribution is -2.11. The third-order valence-electron chi connectivity index (χ3n) is 16.5. The SMILES string of the molecule is Cc1cc(C)c(-c2cc(-c3cc4c(c5c3OP(=O)(O)Oc3c(Cc6ccc(-c7c(C)cc(C)cc7C)cc6-c6c(C)cc(C)cc6C)cc6c(c3-5)CCCC6)CCCC4)cc(-c3c(C)cc(C)cc3C)c2)c(C)c1. The minimum absolute atomic E-state index is 0.456. The minimum atomic E-state index is -4.78. The zero-order valence-corrected chi connectivity index (χ0v) is 46.6. The number of fused-ring (bicyclic) bond motifs is 7. The Morgan fingerprint density at radius 2 is 0.770 bits per heavy atom. The van der Waals surface area contributed by atoms with Gasteiger partial charge in [-0.15, -0.1) is 0 Å². The molecule has 0 fully saturated rings. The summed E-state index contributed by atoms with van der Waals surface area (Å²) in [4.78, 5) is 12.4. The molecule has 1 aliphatic heterocycles. The first kappa shape index (κ1) is 49.7. The molecule has 8 aromatic carbocycles. The van der Waals surface area contributed by atoms with E-state index in [4.69, 9.17) is 9.05 Å². The van der Waals surface area contributed by atoms with Crippen molar-refractivity contribution in [3.05, 3.63) is 197 Å². The van der Waals surface area contributed by atoms with E-state index in [9.17, 15) is 4.89 Å². The molecule has 1 unspecified atom stereocenters. The second-order valence-electron chi connectivity index (χ2n) is 22.7. The maximum atomic E-state index is 15.1. The van der Waals surface area contributed by atoms with Crippen molar-refractivity contribution >= 4 is 7.82 Å². The molecule has 11 rings (SSSR count). The maximum absolute atomic E-state index is 15.1. The lowest BCUT2D eigenvalue weighted by atomic mass is 9.77. The predicted molar refractivity (Wildman–Crippen MR) is 310 cm³/mol. The van der Waals surface area contributed by atoms with Crippen LogP contribution in [0.2, 0.25) is 0 Å². The number of phosphoric acid groups is 1. The summed E-state index contributed by atoms with van der Waals surface area (Å²) in [5, 5.41) is 0. The van der Waals surface area contributed by atoms with Crippen molar-refractivity contribution in [3.8, 4) is 78.3 Å².